The molecule has 1 amide bonds. The van der Waals surface area contributed by atoms with Gasteiger partial charge in [0.1, 0.15) is 0 Å². The Labute approximate surface area is 165 Å². The molecule has 146 valence electrons. The van der Waals surface area contributed by atoms with Crippen molar-refractivity contribution in [3.05, 3.63) is 64.7 Å². The Balaban J connectivity index is 1.79. The van der Waals surface area contributed by atoms with Gasteiger partial charge in [0.25, 0.3) is 0 Å². The quantitative estimate of drug-likeness (QED) is 0.663. The van der Waals surface area contributed by atoms with E-state index in [0.29, 0.717) is 31.1 Å². The molecule has 2 aromatic rings. The van der Waals surface area contributed by atoms with E-state index in [2.05, 4.69) is 5.32 Å². The van der Waals surface area contributed by atoms with E-state index in [4.69, 9.17) is 16.7 Å². The zero-order valence-electron chi connectivity index (χ0n) is 15.2. The molecule has 2 aromatic carbocycles. The van der Waals surface area contributed by atoms with Crippen LogP contribution in [0.25, 0.3) is 0 Å². The molecule has 0 aliphatic rings. The second-order valence-electron chi connectivity index (χ2n) is 6.22. The third-order valence-electron chi connectivity index (χ3n) is 4.10. The van der Waals surface area contributed by atoms with Gasteiger partial charge in [-0.3, -0.25) is 9.69 Å². The lowest BCUT2D eigenvalue weighted by Gasteiger charge is -2.20. The van der Waals surface area contributed by atoms with Crippen molar-refractivity contribution in [1.29, 1.82) is 0 Å². The van der Waals surface area contributed by atoms with Gasteiger partial charge < -0.3 is 5.32 Å². The molecule has 0 bridgehead atoms. The molecule has 0 unspecified atom stereocenters. The van der Waals surface area contributed by atoms with E-state index < -0.39 is 10.0 Å². The van der Waals surface area contributed by atoms with Gasteiger partial charge in [-0.15, -0.1) is 0 Å². The van der Waals surface area contributed by atoms with Crippen LogP contribution < -0.4 is 10.5 Å². The number of nitrogens with zero attached hydrogens (tertiary/aromatic N) is 1. The Kier molecular flexibility index (Phi) is 7.79. The van der Waals surface area contributed by atoms with Crippen molar-refractivity contribution in [3.63, 3.8) is 0 Å². The summed E-state index contributed by atoms with van der Waals surface area (Å²) in [5, 5.41) is 8.64. The number of nitrogens with one attached hydrogen (secondary N) is 1. The van der Waals surface area contributed by atoms with Crippen molar-refractivity contribution in [2.75, 3.05) is 19.6 Å². The highest BCUT2D eigenvalue weighted by molar-refractivity contribution is 7.89. The maximum absolute atomic E-state index is 12.2. The Hall–Kier alpha value is -1.93. The van der Waals surface area contributed by atoms with E-state index in [1.165, 1.54) is 12.1 Å². The molecule has 0 saturated carbocycles. The fourth-order valence-corrected chi connectivity index (χ4v) is 3.35. The van der Waals surface area contributed by atoms with Crippen LogP contribution in [0.3, 0.4) is 0 Å². The van der Waals surface area contributed by atoms with Crippen molar-refractivity contribution >= 4 is 27.5 Å². The fourth-order valence-electron chi connectivity index (χ4n) is 2.62. The zero-order chi connectivity index (χ0) is 19.9. The minimum atomic E-state index is -3.68. The summed E-state index contributed by atoms with van der Waals surface area (Å²) in [5.41, 5.74) is 1.99. The Morgan fingerprint density at radius 3 is 2.44 bits per heavy atom. The first-order valence-corrected chi connectivity index (χ1v) is 10.6. The molecular formula is C19H24ClN3O3S. The molecule has 0 spiro atoms. The number of carbonyl (C=O) groups excluding carboxylic acids is 1. The molecule has 0 atom stereocenters. The Bertz CT molecular complexity index is 870. The van der Waals surface area contributed by atoms with Crippen LogP contribution in [0, 0.1) is 0 Å². The summed E-state index contributed by atoms with van der Waals surface area (Å²) in [6.07, 6.45) is 0.608. The third kappa shape index (κ3) is 7.30. The number of primary sulfonamides is 1. The average Bonchev–Trinajstić information content (AvgIpc) is 2.61. The maximum atomic E-state index is 12.2. The van der Waals surface area contributed by atoms with Crippen LogP contribution in [0.5, 0.6) is 0 Å². The molecule has 27 heavy (non-hydrogen) atoms. The maximum Gasteiger partial charge on any atom is 0.238 e. The number of carbonyl (C=O) groups is 1. The number of sulfonamides is 1. The summed E-state index contributed by atoms with van der Waals surface area (Å²) in [6, 6.07) is 13.9. The molecule has 0 heterocycles. The number of likely N-dealkylation sites (N-methyl/N-ethyl adjacent to an activating group) is 1. The summed E-state index contributed by atoms with van der Waals surface area (Å²) >= 11 is 6.00. The van der Waals surface area contributed by atoms with Crippen LogP contribution in [0.4, 0.5) is 0 Å². The van der Waals surface area contributed by atoms with Crippen molar-refractivity contribution in [2.24, 2.45) is 5.14 Å². The number of amides is 1. The van der Waals surface area contributed by atoms with Crippen LogP contribution in [0.15, 0.2) is 53.4 Å². The van der Waals surface area contributed by atoms with Crippen LogP contribution in [-0.4, -0.2) is 38.9 Å². The van der Waals surface area contributed by atoms with Crippen molar-refractivity contribution in [1.82, 2.24) is 10.2 Å². The number of benzene rings is 2. The Morgan fingerprint density at radius 2 is 1.85 bits per heavy atom. The van der Waals surface area contributed by atoms with E-state index >= 15 is 0 Å². The normalized spacial score (nSPS) is 11.6. The smallest absolute Gasteiger partial charge is 0.238 e. The van der Waals surface area contributed by atoms with Gasteiger partial charge in [0, 0.05) is 18.1 Å². The number of halogens is 1. The fraction of sp³-hybridized carbons (Fsp3) is 0.316. The molecule has 6 nitrogen and oxygen atoms in total. The van der Waals surface area contributed by atoms with Gasteiger partial charge >= 0.3 is 0 Å². The first-order valence-electron chi connectivity index (χ1n) is 8.63. The van der Waals surface area contributed by atoms with Crippen LogP contribution in [0.2, 0.25) is 5.02 Å². The van der Waals surface area contributed by atoms with Crippen LogP contribution in [0.1, 0.15) is 18.1 Å². The highest BCUT2D eigenvalue weighted by Crippen LogP contribution is 2.12. The van der Waals surface area contributed by atoms with Gasteiger partial charge in [0.2, 0.25) is 15.9 Å². The van der Waals surface area contributed by atoms with Gasteiger partial charge in [-0.1, -0.05) is 42.8 Å². The molecular weight excluding hydrogens is 386 g/mol. The Morgan fingerprint density at radius 1 is 1.15 bits per heavy atom. The van der Waals surface area contributed by atoms with Crippen molar-refractivity contribution in [3.8, 4) is 0 Å². The largest absolute Gasteiger partial charge is 0.355 e. The standard InChI is InChI=1S/C19H24ClN3O3S/c1-2-23(13-16-4-3-5-17(20)12-16)14-19(24)22-11-10-15-6-8-18(9-7-15)27(21,25)26/h3-9,12H,2,10-11,13-14H2,1H3,(H,22,24)(H2,21,25,26). The highest BCUT2D eigenvalue weighted by Gasteiger charge is 2.10. The topological polar surface area (TPSA) is 92.5 Å². The lowest BCUT2D eigenvalue weighted by Crippen LogP contribution is -2.37. The third-order valence-corrected chi connectivity index (χ3v) is 5.26. The number of nitrogens with two attached hydrogens (primary N) is 1. The van der Waals surface area contributed by atoms with Crippen molar-refractivity contribution in [2.45, 2.75) is 24.8 Å². The predicted octanol–water partition coefficient (Wildman–Crippen LogP) is 2.17. The molecule has 0 aliphatic carbocycles. The molecule has 0 fully saturated rings. The minimum Gasteiger partial charge on any atom is -0.355 e. The summed E-state index contributed by atoms with van der Waals surface area (Å²) in [5.74, 6) is -0.0555. The lowest BCUT2D eigenvalue weighted by molar-refractivity contribution is -0.122. The van der Waals surface area contributed by atoms with Crippen LogP contribution in [-0.2, 0) is 27.8 Å². The number of hydrogen-bond donors (Lipinski definition) is 2. The monoisotopic (exact) mass is 409 g/mol. The second-order valence-corrected chi connectivity index (χ2v) is 8.22. The van der Waals surface area contributed by atoms with E-state index in [9.17, 15) is 13.2 Å². The van der Waals surface area contributed by atoms with E-state index in [0.717, 1.165) is 17.7 Å². The van der Waals surface area contributed by atoms with Gasteiger partial charge in [0.05, 0.1) is 11.4 Å². The van der Waals surface area contributed by atoms with Gasteiger partial charge in [-0.05, 0) is 48.4 Å². The summed E-state index contributed by atoms with van der Waals surface area (Å²) in [6.45, 7) is 4.18. The van der Waals surface area contributed by atoms with Crippen molar-refractivity contribution < 1.29 is 13.2 Å². The number of rotatable bonds is 9. The second kappa shape index (κ2) is 9.85. The highest BCUT2D eigenvalue weighted by atomic mass is 35.5. The predicted molar refractivity (Wildman–Crippen MR) is 107 cm³/mol. The lowest BCUT2D eigenvalue weighted by atomic mass is 10.1. The first kappa shape index (κ1) is 21.4. The van der Waals surface area contributed by atoms with E-state index in [1.807, 2.05) is 36.1 Å². The van der Waals surface area contributed by atoms with Gasteiger partial charge in [0.15, 0.2) is 0 Å². The number of hydrogen-bond acceptors (Lipinski definition) is 4. The van der Waals surface area contributed by atoms with E-state index in [-0.39, 0.29) is 10.8 Å². The molecule has 8 heteroatoms. The van der Waals surface area contributed by atoms with Crippen LogP contribution >= 0.6 is 11.6 Å². The van der Waals surface area contributed by atoms with Gasteiger partial charge in [-0.2, -0.15) is 0 Å². The zero-order valence-corrected chi connectivity index (χ0v) is 16.8. The summed E-state index contributed by atoms with van der Waals surface area (Å²) in [7, 11) is -3.68. The molecule has 3 N–H and O–H groups in total. The molecule has 0 aromatic heterocycles. The van der Waals surface area contributed by atoms with Gasteiger partial charge in [-0.25, -0.2) is 13.6 Å². The molecule has 2 rings (SSSR count). The molecule has 0 radical (unpaired) electrons. The first-order chi connectivity index (χ1) is 12.8. The van der Waals surface area contributed by atoms with E-state index in [1.54, 1.807) is 12.1 Å². The summed E-state index contributed by atoms with van der Waals surface area (Å²) < 4.78 is 22.5. The minimum absolute atomic E-state index is 0.0555. The average molecular weight is 410 g/mol. The SMILES string of the molecule is CCN(CC(=O)NCCc1ccc(S(N)(=O)=O)cc1)Cc1cccc(Cl)c1. The summed E-state index contributed by atoms with van der Waals surface area (Å²) in [4.78, 5) is 14.3. The molecule has 0 aliphatic heterocycles. The molecule has 0 saturated heterocycles.